The summed E-state index contributed by atoms with van der Waals surface area (Å²) >= 11 is 5.85. The van der Waals surface area contributed by atoms with E-state index in [9.17, 15) is 0 Å². The molecule has 5 nitrogen and oxygen atoms in total. The summed E-state index contributed by atoms with van der Waals surface area (Å²) in [5.74, 6) is 0.821. The summed E-state index contributed by atoms with van der Waals surface area (Å²) in [6.45, 7) is 0. The smallest absolute Gasteiger partial charge is 0.174 e. The summed E-state index contributed by atoms with van der Waals surface area (Å²) in [6, 6.07) is 19.1. The standard InChI is InChI=1S/C24H26N4OS/c1-29-19-11-6-10-18(16-19)28-23(21-13-7-15-27(21)17-8-2-3-9-17)22(26-24(28)30)20-12-4-5-14-25-20/h4-7,10-17,22-23H,2-3,8-9H2,1H3,(H,26,30). The minimum atomic E-state index is -0.0278. The topological polar surface area (TPSA) is 42.3 Å². The Bertz CT molecular complexity index is 1030. The first-order valence-corrected chi connectivity index (χ1v) is 11.0. The van der Waals surface area contributed by atoms with Crippen molar-refractivity contribution in [2.75, 3.05) is 12.0 Å². The van der Waals surface area contributed by atoms with Crippen LogP contribution in [0.15, 0.2) is 67.0 Å². The number of hydrogen-bond donors (Lipinski definition) is 1. The van der Waals surface area contributed by atoms with E-state index in [0.717, 1.165) is 17.1 Å². The molecule has 1 N–H and O–H groups in total. The summed E-state index contributed by atoms with van der Waals surface area (Å²) in [7, 11) is 1.69. The molecule has 1 aromatic carbocycles. The van der Waals surface area contributed by atoms with Gasteiger partial charge in [-0.15, -0.1) is 0 Å². The van der Waals surface area contributed by atoms with E-state index in [1.54, 1.807) is 7.11 Å². The molecule has 5 rings (SSSR count). The van der Waals surface area contributed by atoms with Gasteiger partial charge < -0.3 is 19.5 Å². The van der Waals surface area contributed by atoms with Crippen LogP contribution in [0, 0.1) is 0 Å². The molecule has 6 heteroatoms. The number of ether oxygens (including phenoxy) is 1. The van der Waals surface area contributed by atoms with Crippen molar-refractivity contribution in [1.82, 2.24) is 14.9 Å². The lowest BCUT2D eigenvalue weighted by Crippen LogP contribution is -2.30. The third-order valence-corrected chi connectivity index (χ3v) is 6.58. The Kier molecular flexibility index (Phi) is 5.17. The lowest BCUT2D eigenvalue weighted by molar-refractivity contribution is 0.414. The van der Waals surface area contributed by atoms with E-state index in [4.69, 9.17) is 17.0 Å². The third kappa shape index (κ3) is 3.35. The summed E-state index contributed by atoms with van der Waals surface area (Å²) in [4.78, 5) is 6.88. The number of benzene rings is 1. The van der Waals surface area contributed by atoms with Crippen molar-refractivity contribution in [3.8, 4) is 5.75 Å². The van der Waals surface area contributed by atoms with Crippen LogP contribution in [0.25, 0.3) is 0 Å². The van der Waals surface area contributed by atoms with E-state index in [-0.39, 0.29) is 12.1 Å². The molecule has 154 valence electrons. The predicted molar refractivity (Wildman–Crippen MR) is 123 cm³/mol. The molecule has 0 bridgehead atoms. The highest BCUT2D eigenvalue weighted by atomic mass is 32.1. The largest absolute Gasteiger partial charge is 0.497 e. The number of thiocarbonyl (C=S) groups is 1. The summed E-state index contributed by atoms with van der Waals surface area (Å²) in [5, 5.41) is 4.26. The Balaban J connectivity index is 1.63. The molecule has 1 aliphatic carbocycles. The van der Waals surface area contributed by atoms with Gasteiger partial charge in [-0.25, -0.2) is 0 Å². The van der Waals surface area contributed by atoms with Gasteiger partial charge in [-0.1, -0.05) is 25.0 Å². The fourth-order valence-electron chi connectivity index (χ4n) is 4.87. The summed E-state index contributed by atoms with van der Waals surface area (Å²) in [5.41, 5.74) is 3.29. The molecule has 1 saturated carbocycles. The number of methoxy groups -OCH3 is 1. The number of nitrogens with zero attached hydrogens (tertiary/aromatic N) is 3. The van der Waals surface area contributed by atoms with Gasteiger partial charge in [0.1, 0.15) is 11.8 Å². The average Bonchev–Trinajstić information content (AvgIpc) is 3.53. The molecule has 2 aliphatic rings. The number of rotatable bonds is 5. The fourth-order valence-corrected chi connectivity index (χ4v) is 5.21. The Morgan fingerprint density at radius 2 is 1.93 bits per heavy atom. The van der Waals surface area contributed by atoms with E-state index in [1.807, 2.05) is 36.5 Å². The molecule has 0 spiro atoms. The molecule has 2 unspecified atom stereocenters. The van der Waals surface area contributed by atoms with Crippen molar-refractivity contribution >= 4 is 23.0 Å². The second-order valence-electron chi connectivity index (χ2n) is 7.98. The minimum Gasteiger partial charge on any atom is -0.497 e. The van der Waals surface area contributed by atoms with E-state index < -0.39 is 0 Å². The second-order valence-corrected chi connectivity index (χ2v) is 8.36. The molecule has 2 aromatic heterocycles. The van der Waals surface area contributed by atoms with Gasteiger partial charge in [0.25, 0.3) is 0 Å². The van der Waals surface area contributed by atoms with E-state index >= 15 is 0 Å². The maximum absolute atomic E-state index is 5.85. The Morgan fingerprint density at radius 3 is 2.70 bits per heavy atom. The molecule has 3 heterocycles. The highest BCUT2D eigenvalue weighted by Crippen LogP contribution is 2.44. The number of nitrogens with one attached hydrogen (secondary N) is 1. The third-order valence-electron chi connectivity index (χ3n) is 6.26. The number of aromatic nitrogens is 2. The van der Waals surface area contributed by atoms with Crippen LogP contribution in [0.2, 0.25) is 0 Å². The van der Waals surface area contributed by atoms with Gasteiger partial charge in [-0.2, -0.15) is 0 Å². The molecular weight excluding hydrogens is 392 g/mol. The van der Waals surface area contributed by atoms with Gasteiger partial charge in [-0.05, 0) is 61.5 Å². The van der Waals surface area contributed by atoms with Crippen LogP contribution in [0.5, 0.6) is 5.75 Å². The van der Waals surface area contributed by atoms with Crippen LogP contribution >= 0.6 is 12.2 Å². The van der Waals surface area contributed by atoms with Crippen molar-refractivity contribution in [2.24, 2.45) is 0 Å². The Hall–Kier alpha value is -2.86. The maximum Gasteiger partial charge on any atom is 0.174 e. The van der Waals surface area contributed by atoms with E-state index in [1.165, 1.54) is 31.4 Å². The molecule has 1 saturated heterocycles. The molecule has 30 heavy (non-hydrogen) atoms. The maximum atomic E-state index is 5.85. The molecule has 1 aliphatic heterocycles. The van der Waals surface area contributed by atoms with Crippen LogP contribution in [0.3, 0.4) is 0 Å². The first-order chi connectivity index (χ1) is 14.8. The quantitative estimate of drug-likeness (QED) is 0.578. The summed E-state index contributed by atoms with van der Waals surface area (Å²) < 4.78 is 7.95. The van der Waals surface area contributed by atoms with Gasteiger partial charge >= 0.3 is 0 Å². The van der Waals surface area contributed by atoms with Crippen LogP contribution in [-0.2, 0) is 0 Å². The highest BCUT2D eigenvalue weighted by Gasteiger charge is 2.42. The lowest BCUT2D eigenvalue weighted by Gasteiger charge is -2.30. The van der Waals surface area contributed by atoms with Crippen molar-refractivity contribution < 1.29 is 4.74 Å². The van der Waals surface area contributed by atoms with Gasteiger partial charge in [0.15, 0.2) is 5.11 Å². The Morgan fingerprint density at radius 1 is 1.07 bits per heavy atom. The summed E-state index contributed by atoms with van der Waals surface area (Å²) in [6.07, 6.45) is 9.15. The molecule has 2 atom stereocenters. The van der Waals surface area contributed by atoms with Crippen molar-refractivity contribution in [1.29, 1.82) is 0 Å². The van der Waals surface area contributed by atoms with Crippen LogP contribution < -0.4 is 15.0 Å². The van der Waals surface area contributed by atoms with E-state index in [2.05, 4.69) is 50.2 Å². The number of anilines is 1. The average molecular weight is 419 g/mol. The molecule has 0 amide bonds. The zero-order valence-corrected chi connectivity index (χ0v) is 17.9. The van der Waals surface area contributed by atoms with Gasteiger partial charge in [0, 0.05) is 35.9 Å². The molecule has 0 radical (unpaired) electrons. The normalized spacial score (nSPS) is 21.8. The SMILES string of the molecule is COc1cccc(N2C(=S)NC(c3ccccn3)C2c2cccn2C2CCCC2)c1. The first-order valence-electron chi connectivity index (χ1n) is 10.6. The predicted octanol–water partition coefficient (Wildman–Crippen LogP) is 5.18. The van der Waals surface area contributed by atoms with E-state index in [0.29, 0.717) is 11.2 Å². The highest BCUT2D eigenvalue weighted by molar-refractivity contribution is 7.80. The Labute approximate surface area is 182 Å². The zero-order valence-electron chi connectivity index (χ0n) is 17.1. The molecular formula is C24H26N4OS. The monoisotopic (exact) mass is 418 g/mol. The number of pyridine rings is 1. The second kappa shape index (κ2) is 8.11. The van der Waals surface area contributed by atoms with Crippen LogP contribution in [-0.4, -0.2) is 21.8 Å². The zero-order chi connectivity index (χ0) is 20.5. The van der Waals surface area contributed by atoms with Gasteiger partial charge in [-0.3, -0.25) is 4.98 Å². The lowest BCUT2D eigenvalue weighted by atomic mass is 10.00. The first kappa shape index (κ1) is 19.1. The van der Waals surface area contributed by atoms with Crippen molar-refractivity contribution in [3.05, 3.63) is 78.4 Å². The molecule has 3 aromatic rings. The molecule has 2 fully saturated rings. The van der Waals surface area contributed by atoms with Gasteiger partial charge in [0.05, 0.1) is 18.8 Å². The van der Waals surface area contributed by atoms with Gasteiger partial charge in [0.2, 0.25) is 0 Å². The fraction of sp³-hybridized carbons (Fsp3) is 0.333. The minimum absolute atomic E-state index is 0.00936. The van der Waals surface area contributed by atoms with Crippen molar-refractivity contribution in [3.63, 3.8) is 0 Å². The van der Waals surface area contributed by atoms with Crippen LogP contribution in [0.1, 0.15) is 55.2 Å². The number of hydrogen-bond acceptors (Lipinski definition) is 3. The van der Waals surface area contributed by atoms with Crippen LogP contribution in [0.4, 0.5) is 5.69 Å². The van der Waals surface area contributed by atoms with Crippen molar-refractivity contribution in [2.45, 2.75) is 43.8 Å².